The molecule has 2 amide bonds. The van der Waals surface area contributed by atoms with Gasteiger partial charge in [-0.25, -0.2) is 14.2 Å². The molecule has 5 heteroatoms. The number of nitrogens with one attached hydrogen (secondary N) is 1. The summed E-state index contributed by atoms with van der Waals surface area (Å²) in [5, 5.41) is 2.76. The molecular weight excluding hydrogens is 209 g/mol. The van der Waals surface area contributed by atoms with Gasteiger partial charge in [-0.3, -0.25) is 4.90 Å². The maximum Gasteiger partial charge on any atom is 0.323 e. The van der Waals surface area contributed by atoms with Crippen molar-refractivity contribution in [2.75, 3.05) is 11.4 Å². The summed E-state index contributed by atoms with van der Waals surface area (Å²) < 4.78 is 13.6. The van der Waals surface area contributed by atoms with Crippen LogP contribution < -0.4 is 10.2 Å². The largest absolute Gasteiger partial charge is 0.331 e. The molecule has 0 aliphatic carbocycles. The zero-order valence-corrected chi connectivity index (χ0v) is 9.54. The monoisotopic (exact) mass is 223 g/mol. The molecule has 1 fully saturated rings. The SMILES string of the molecule is Cc1cnc(N2CC(C)(C)NC2=O)c(F)c1. The van der Waals surface area contributed by atoms with Crippen LogP contribution in [0.4, 0.5) is 15.0 Å². The summed E-state index contributed by atoms with van der Waals surface area (Å²) in [5.41, 5.74) is 0.385. The van der Waals surface area contributed by atoms with Crippen molar-refractivity contribution < 1.29 is 9.18 Å². The number of carbonyl (C=O) groups excluding carboxylic acids is 1. The van der Waals surface area contributed by atoms with Crippen LogP contribution in [0.15, 0.2) is 12.3 Å². The molecule has 0 radical (unpaired) electrons. The second kappa shape index (κ2) is 3.43. The highest BCUT2D eigenvalue weighted by atomic mass is 19.1. The Bertz CT molecular complexity index is 445. The summed E-state index contributed by atoms with van der Waals surface area (Å²) in [6.07, 6.45) is 1.55. The van der Waals surface area contributed by atoms with Crippen LogP contribution in [0.5, 0.6) is 0 Å². The molecule has 0 atom stereocenters. The van der Waals surface area contributed by atoms with Crippen molar-refractivity contribution in [1.29, 1.82) is 0 Å². The Balaban J connectivity index is 2.35. The van der Waals surface area contributed by atoms with Crippen molar-refractivity contribution in [2.45, 2.75) is 26.3 Å². The molecule has 2 heterocycles. The van der Waals surface area contributed by atoms with Crippen molar-refractivity contribution in [1.82, 2.24) is 10.3 Å². The Labute approximate surface area is 93.5 Å². The Kier molecular flexibility index (Phi) is 2.33. The lowest BCUT2D eigenvalue weighted by atomic mass is 10.1. The van der Waals surface area contributed by atoms with Crippen LogP contribution in [0.1, 0.15) is 19.4 Å². The molecule has 4 nitrogen and oxygen atoms in total. The van der Waals surface area contributed by atoms with E-state index in [0.717, 1.165) is 5.56 Å². The molecule has 0 unspecified atom stereocenters. The van der Waals surface area contributed by atoms with Crippen LogP contribution in [-0.2, 0) is 0 Å². The van der Waals surface area contributed by atoms with Gasteiger partial charge >= 0.3 is 6.03 Å². The number of amides is 2. The highest BCUT2D eigenvalue weighted by molar-refractivity contribution is 5.94. The molecule has 1 N–H and O–H groups in total. The van der Waals surface area contributed by atoms with E-state index in [1.165, 1.54) is 11.0 Å². The third-order valence-corrected chi connectivity index (χ3v) is 2.46. The Morgan fingerprint density at radius 2 is 2.25 bits per heavy atom. The Hall–Kier alpha value is -1.65. The van der Waals surface area contributed by atoms with E-state index in [2.05, 4.69) is 10.3 Å². The third kappa shape index (κ3) is 1.85. The first-order chi connectivity index (χ1) is 7.39. The minimum atomic E-state index is -0.465. The molecular formula is C11H14FN3O. The van der Waals surface area contributed by atoms with Crippen molar-refractivity contribution in [3.8, 4) is 0 Å². The van der Waals surface area contributed by atoms with E-state index in [4.69, 9.17) is 0 Å². The molecule has 1 saturated heterocycles. The third-order valence-electron chi connectivity index (χ3n) is 2.46. The fourth-order valence-electron chi connectivity index (χ4n) is 1.76. The van der Waals surface area contributed by atoms with E-state index in [1.54, 1.807) is 13.1 Å². The van der Waals surface area contributed by atoms with Crippen molar-refractivity contribution >= 4 is 11.8 Å². The maximum atomic E-state index is 13.6. The van der Waals surface area contributed by atoms with E-state index in [9.17, 15) is 9.18 Å². The van der Waals surface area contributed by atoms with Crippen LogP contribution >= 0.6 is 0 Å². The molecule has 0 saturated carbocycles. The van der Waals surface area contributed by atoms with Gasteiger partial charge in [0.1, 0.15) is 0 Å². The summed E-state index contributed by atoms with van der Waals surface area (Å²) in [4.78, 5) is 16.9. The van der Waals surface area contributed by atoms with Gasteiger partial charge in [-0.05, 0) is 32.4 Å². The van der Waals surface area contributed by atoms with E-state index in [0.29, 0.717) is 6.54 Å². The van der Waals surface area contributed by atoms with Gasteiger partial charge in [-0.15, -0.1) is 0 Å². The average Bonchev–Trinajstić information content (AvgIpc) is 2.39. The Morgan fingerprint density at radius 3 is 2.75 bits per heavy atom. The molecule has 1 aliphatic rings. The number of aryl methyl sites for hydroxylation is 1. The van der Waals surface area contributed by atoms with Gasteiger partial charge in [-0.2, -0.15) is 0 Å². The highest BCUT2D eigenvalue weighted by Crippen LogP contribution is 2.23. The summed E-state index contributed by atoms with van der Waals surface area (Å²) >= 11 is 0. The molecule has 16 heavy (non-hydrogen) atoms. The standard InChI is InChI=1S/C11H14FN3O/c1-7-4-8(12)9(13-5-7)15-6-11(2,3)14-10(15)16/h4-5H,6H2,1-3H3,(H,14,16). The smallest absolute Gasteiger partial charge is 0.323 e. The molecule has 2 rings (SSSR count). The first-order valence-corrected chi connectivity index (χ1v) is 5.11. The van der Waals surface area contributed by atoms with Gasteiger partial charge in [0.25, 0.3) is 0 Å². The van der Waals surface area contributed by atoms with E-state index < -0.39 is 5.82 Å². The second-order valence-electron chi connectivity index (χ2n) is 4.72. The molecule has 0 spiro atoms. The number of hydrogen-bond donors (Lipinski definition) is 1. The predicted octanol–water partition coefficient (Wildman–Crippen LogP) is 1.84. The first kappa shape index (κ1) is 10.9. The van der Waals surface area contributed by atoms with Crippen molar-refractivity contribution in [2.24, 2.45) is 0 Å². The lowest BCUT2D eigenvalue weighted by Crippen LogP contribution is -2.36. The number of carbonyl (C=O) groups is 1. The second-order valence-corrected chi connectivity index (χ2v) is 4.72. The van der Waals surface area contributed by atoms with Crippen LogP contribution in [0, 0.1) is 12.7 Å². The summed E-state index contributed by atoms with van der Waals surface area (Å²) in [5.74, 6) is -0.374. The van der Waals surface area contributed by atoms with Gasteiger partial charge in [0.2, 0.25) is 0 Å². The maximum absolute atomic E-state index is 13.6. The number of pyridine rings is 1. The number of halogens is 1. The van der Waals surface area contributed by atoms with Crippen molar-refractivity contribution in [3.05, 3.63) is 23.6 Å². The zero-order chi connectivity index (χ0) is 11.9. The van der Waals surface area contributed by atoms with Gasteiger partial charge in [-0.1, -0.05) is 0 Å². The fraction of sp³-hybridized carbons (Fsp3) is 0.455. The minimum Gasteiger partial charge on any atom is -0.331 e. The predicted molar refractivity (Wildman–Crippen MR) is 58.9 cm³/mol. The number of nitrogens with zero attached hydrogens (tertiary/aromatic N) is 2. The van der Waals surface area contributed by atoms with E-state index >= 15 is 0 Å². The van der Waals surface area contributed by atoms with Gasteiger partial charge in [0, 0.05) is 6.20 Å². The fourth-order valence-corrected chi connectivity index (χ4v) is 1.76. The highest BCUT2D eigenvalue weighted by Gasteiger charge is 2.37. The number of hydrogen-bond acceptors (Lipinski definition) is 2. The molecule has 0 bridgehead atoms. The number of aromatic nitrogens is 1. The van der Waals surface area contributed by atoms with E-state index in [1.807, 2.05) is 13.8 Å². The van der Waals surface area contributed by atoms with Crippen LogP contribution in [-0.4, -0.2) is 23.1 Å². The quantitative estimate of drug-likeness (QED) is 0.789. The number of urea groups is 1. The van der Waals surface area contributed by atoms with Crippen molar-refractivity contribution in [3.63, 3.8) is 0 Å². The molecule has 1 aliphatic heterocycles. The molecule has 0 aromatic carbocycles. The van der Waals surface area contributed by atoms with Crippen LogP contribution in [0.2, 0.25) is 0 Å². The summed E-state index contributed by atoms with van der Waals surface area (Å²) in [6.45, 7) is 5.95. The van der Waals surface area contributed by atoms with Crippen LogP contribution in [0.25, 0.3) is 0 Å². The lowest BCUT2D eigenvalue weighted by Gasteiger charge is -2.17. The van der Waals surface area contributed by atoms with E-state index in [-0.39, 0.29) is 17.4 Å². The molecule has 1 aromatic rings. The zero-order valence-electron chi connectivity index (χ0n) is 9.54. The molecule has 86 valence electrons. The first-order valence-electron chi connectivity index (χ1n) is 5.11. The van der Waals surface area contributed by atoms with Crippen LogP contribution in [0.3, 0.4) is 0 Å². The normalized spacial score (nSPS) is 18.8. The lowest BCUT2D eigenvalue weighted by molar-refractivity contribution is 0.248. The molecule has 1 aromatic heterocycles. The van der Waals surface area contributed by atoms with Gasteiger partial charge in [0.05, 0.1) is 12.1 Å². The minimum absolute atomic E-state index is 0.0914. The summed E-state index contributed by atoms with van der Waals surface area (Å²) in [7, 11) is 0. The average molecular weight is 223 g/mol. The Morgan fingerprint density at radius 1 is 1.56 bits per heavy atom. The topological polar surface area (TPSA) is 45.2 Å². The number of anilines is 1. The number of rotatable bonds is 1. The van der Waals surface area contributed by atoms with Gasteiger partial charge < -0.3 is 5.32 Å². The van der Waals surface area contributed by atoms with Gasteiger partial charge in [0.15, 0.2) is 11.6 Å². The summed E-state index contributed by atoms with van der Waals surface area (Å²) in [6, 6.07) is 1.07.